The van der Waals surface area contributed by atoms with E-state index < -0.39 is 40.8 Å². The van der Waals surface area contributed by atoms with Crippen LogP contribution in [0.3, 0.4) is 0 Å². The van der Waals surface area contributed by atoms with Gasteiger partial charge in [-0.25, -0.2) is 14.4 Å². The lowest BCUT2D eigenvalue weighted by Gasteiger charge is -2.28. The molecule has 0 aromatic heterocycles. The van der Waals surface area contributed by atoms with Crippen LogP contribution < -0.4 is 4.90 Å². The van der Waals surface area contributed by atoms with E-state index in [0.717, 1.165) is 0 Å². The molecule has 0 atom stereocenters. The summed E-state index contributed by atoms with van der Waals surface area (Å²) in [4.78, 5) is 48.7. The molecule has 1 rings (SSSR count). The summed E-state index contributed by atoms with van der Waals surface area (Å²) in [6, 6.07) is 5.63. The van der Waals surface area contributed by atoms with Gasteiger partial charge in [0, 0.05) is 4.92 Å². The summed E-state index contributed by atoms with van der Waals surface area (Å²) in [5.74, 6) is -0.495. The molecule has 10 heteroatoms. The first kappa shape index (κ1) is 25.9. The number of amides is 2. The first-order valence-corrected chi connectivity index (χ1v) is 9.76. The second-order valence-electron chi connectivity index (χ2n) is 8.98. The number of ether oxygens (including phenoxy) is 3. The van der Waals surface area contributed by atoms with E-state index >= 15 is 0 Å². The number of hydrogen-bond donors (Lipinski definition) is 0. The van der Waals surface area contributed by atoms with Gasteiger partial charge in [-0.3, -0.25) is 10.1 Å². The van der Waals surface area contributed by atoms with Crippen molar-refractivity contribution in [1.29, 1.82) is 0 Å². The van der Waals surface area contributed by atoms with E-state index in [0.29, 0.717) is 4.90 Å². The van der Waals surface area contributed by atoms with Crippen molar-refractivity contribution in [2.45, 2.75) is 59.7 Å². The zero-order valence-corrected chi connectivity index (χ0v) is 19.0. The quantitative estimate of drug-likeness (QED) is 0.265. The maximum Gasteiger partial charge on any atom is 0.424 e. The molecule has 1 aromatic rings. The van der Waals surface area contributed by atoms with Crippen LogP contribution in [0.25, 0.3) is 0 Å². The summed E-state index contributed by atoms with van der Waals surface area (Å²) in [5, 5.41) is 10.8. The molecule has 31 heavy (non-hydrogen) atoms. The number of rotatable bonds is 7. The molecule has 1 aromatic carbocycles. The molecule has 0 saturated heterocycles. The lowest BCUT2D eigenvalue weighted by atomic mass is 10.1. The number of anilines is 1. The first-order chi connectivity index (χ1) is 14.1. The Morgan fingerprint density at radius 2 is 1.65 bits per heavy atom. The summed E-state index contributed by atoms with van der Waals surface area (Å²) in [5.41, 5.74) is -2.31. The standard InChI is InChI=1S/C21H30N2O8/c1-14(2)12-29-17(24)15-9-8-10-16(11-15)23(18(25)30-20(3,4)5)19(26)31-21(6,7)13-22(27)28/h8-11,14H,12-13H2,1-7H3. The summed E-state index contributed by atoms with van der Waals surface area (Å²) < 4.78 is 15.7. The molecule has 0 bridgehead atoms. The molecular formula is C21H30N2O8. The van der Waals surface area contributed by atoms with E-state index in [1.165, 1.54) is 38.1 Å². The van der Waals surface area contributed by atoms with Crippen LogP contribution in [0.4, 0.5) is 15.3 Å². The van der Waals surface area contributed by atoms with Crippen molar-refractivity contribution in [3.8, 4) is 0 Å². The van der Waals surface area contributed by atoms with Crippen molar-refractivity contribution in [3.63, 3.8) is 0 Å². The molecule has 0 N–H and O–H groups in total. The first-order valence-electron chi connectivity index (χ1n) is 9.76. The Morgan fingerprint density at radius 3 is 2.16 bits per heavy atom. The van der Waals surface area contributed by atoms with E-state index in [1.54, 1.807) is 20.8 Å². The maximum absolute atomic E-state index is 12.8. The minimum atomic E-state index is -1.49. The highest BCUT2D eigenvalue weighted by Crippen LogP contribution is 2.23. The zero-order valence-electron chi connectivity index (χ0n) is 19.0. The fourth-order valence-electron chi connectivity index (χ4n) is 2.32. The van der Waals surface area contributed by atoms with Crippen molar-refractivity contribution in [3.05, 3.63) is 39.9 Å². The number of hydrogen-bond acceptors (Lipinski definition) is 8. The lowest BCUT2D eigenvalue weighted by Crippen LogP contribution is -2.46. The van der Waals surface area contributed by atoms with Gasteiger partial charge in [0.1, 0.15) is 5.60 Å². The Kier molecular flexibility index (Phi) is 8.54. The average molecular weight is 438 g/mol. The summed E-state index contributed by atoms with van der Waals surface area (Å²) >= 11 is 0. The third-order valence-corrected chi connectivity index (χ3v) is 3.52. The fraction of sp³-hybridized carbons (Fsp3) is 0.571. The molecule has 172 valence electrons. The molecule has 10 nitrogen and oxygen atoms in total. The lowest BCUT2D eigenvalue weighted by molar-refractivity contribution is -0.497. The largest absolute Gasteiger partial charge is 0.462 e. The summed E-state index contributed by atoms with van der Waals surface area (Å²) in [7, 11) is 0. The van der Waals surface area contributed by atoms with Crippen LogP contribution in [-0.4, -0.2) is 47.4 Å². The van der Waals surface area contributed by atoms with Gasteiger partial charge in [0.2, 0.25) is 6.54 Å². The topological polar surface area (TPSA) is 125 Å². The summed E-state index contributed by atoms with van der Waals surface area (Å²) in [6.45, 7) is 10.9. The van der Waals surface area contributed by atoms with E-state index in [9.17, 15) is 24.5 Å². The van der Waals surface area contributed by atoms with E-state index in [2.05, 4.69) is 0 Å². The van der Waals surface area contributed by atoms with Crippen LogP contribution in [-0.2, 0) is 14.2 Å². The van der Waals surface area contributed by atoms with Crippen molar-refractivity contribution in [1.82, 2.24) is 0 Å². The number of esters is 1. The SMILES string of the molecule is CC(C)COC(=O)c1cccc(N(C(=O)OC(C)(C)C)C(=O)OC(C)(C)C[N+](=O)[O-])c1. The Balaban J connectivity index is 3.27. The molecule has 0 spiro atoms. The third kappa shape index (κ3) is 9.02. The van der Waals surface area contributed by atoms with E-state index in [4.69, 9.17) is 14.2 Å². The molecule has 0 heterocycles. The maximum atomic E-state index is 12.8. The Bertz CT molecular complexity index is 827. The Hall–Kier alpha value is -3.17. The van der Waals surface area contributed by atoms with Gasteiger partial charge in [0.05, 0.1) is 17.9 Å². The normalized spacial score (nSPS) is 11.6. The molecule has 0 fully saturated rings. The number of carbonyl (C=O) groups is 3. The summed E-state index contributed by atoms with van der Waals surface area (Å²) in [6.07, 6.45) is -2.23. The van der Waals surface area contributed by atoms with Crippen LogP contribution in [0.5, 0.6) is 0 Å². The second kappa shape index (κ2) is 10.2. The molecule has 0 aliphatic rings. The highest BCUT2D eigenvalue weighted by atomic mass is 16.6. The molecule has 0 radical (unpaired) electrons. The second-order valence-corrected chi connectivity index (χ2v) is 8.98. The Morgan fingerprint density at radius 1 is 1.06 bits per heavy atom. The van der Waals surface area contributed by atoms with Crippen molar-refractivity contribution >= 4 is 23.8 Å². The molecule has 0 aliphatic heterocycles. The van der Waals surface area contributed by atoms with Crippen molar-refractivity contribution in [2.24, 2.45) is 5.92 Å². The molecule has 2 amide bonds. The van der Waals surface area contributed by atoms with Gasteiger partial charge in [-0.15, -0.1) is 0 Å². The molecule has 0 unspecified atom stereocenters. The van der Waals surface area contributed by atoms with Crippen molar-refractivity contribution < 1.29 is 33.5 Å². The van der Waals surface area contributed by atoms with E-state index in [1.807, 2.05) is 13.8 Å². The van der Waals surface area contributed by atoms with Gasteiger partial charge >= 0.3 is 18.2 Å². The zero-order chi connectivity index (χ0) is 24.0. The van der Waals surface area contributed by atoms with Gasteiger partial charge in [0.25, 0.3) is 0 Å². The fourth-order valence-corrected chi connectivity index (χ4v) is 2.32. The van der Waals surface area contributed by atoms with Gasteiger partial charge < -0.3 is 14.2 Å². The van der Waals surface area contributed by atoms with Gasteiger partial charge in [0.15, 0.2) is 5.60 Å². The van der Waals surface area contributed by atoms with Crippen LogP contribution in [0.15, 0.2) is 24.3 Å². The number of benzene rings is 1. The van der Waals surface area contributed by atoms with Crippen LogP contribution >= 0.6 is 0 Å². The van der Waals surface area contributed by atoms with Crippen LogP contribution in [0, 0.1) is 16.0 Å². The number of carbonyl (C=O) groups excluding carboxylic acids is 3. The number of imide groups is 1. The minimum absolute atomic E-state index is 0.00449. The highest BCUT2D eigenvalue weighted by Gasteiger charge is 2.36. The van der Waals surface area contributed by atoms with Gasteiger partial charge in [-0.05, 0) is 58.7 Å². The van der Waals surface area contributed by atoms with Gasteiger partial charge in [-0.1, -0.05) is 19.9 Å². The van der Waals surface area contributed by atoms with Gasteiger partial charge in [-0.2, -0.15) is 4.90 Å². The predicted octanol–water partition coefficient (Wildman–Crippen LogP) is 4.43. The molecule has 0 saturated carbocycles. The van der Waals surface area contributed by atoms with E-state index in [-0.39, 0.29) is 23.8 Å². The van der Waals surface area contributed by atoms with Crippen LogP contribution in [0.1, 0.15) is 58.8 Å². The smallest absolute Gasteiger partial charge is 0.424 e. The average Bonchev–Trinajstić information content (AvgIpc) is 2.56. The number of nitrogens with zero attached hydrogens (tertiary/aromatic N) is 2. The van der Waals surface area contributed by atoms with Crippen LogP contribution in [0.2, 0.25) is 0 Å². The monoisotopic (exact) mass is 438 g/mol. The Labute approximate surface area is 181 Å². The third-order valence-electron chi connectivity index (χ3n) is 3.52. The predicted molar refractivity (Wildman–Crippen MR) is 113 cm³/mol. The highest BCUT2D eigenvalue weighted by molar-refractivity contribution is 6.10. The molecular weight excluding hydrogens is 408 g/mol. The minimum Gasteiger partial charge on any atom is -0.462 e. The number of nitro groups is 1. The van der Waals surface area contributed by atoms with Crippen molar-refractivity contribution in [2.75, 3.05) is 18.1 Å². The molecule has 0 aliphatic carbocycles.